The first-order valence-electron chi connectivity index (χ1n) is 6.57. The van der Waals surface area contributed by atoms with E-state index in [-0.39, 0.29) is 18.1 Å². The second-order valence-corrected chi connectivity index (χ2v) is 4.93. The Hall–Kier alpha value is -2.02. The molecule has 1 aromatic carbocycles. The molecule has 1 aliphatic heterocycles. The number of carbonyl (C=O) groups is 1. The summed E-state index contributed by atoms with van der Waals surface area (Å²) in [6.45, 7) is 2.87. The zero-order chi connectivity index (χ0) is 13.7. The molecule has 1 unspecified atom stereocenters. The van der Waals surface area contributed by atoms with E-state index in [1.807, 2.05) is 37.3 Å². The maximum Gasteiger partial charge on any atom is 0.410 e. The first-order chi connectivity index (χ1) is 9.20. The van der Waals surface area contributed by atoms with Crippen molar-refractivity contribution in [2.75, 3.05) is 6.54 Å². The van der Waals surface area contributed by atoms with Crippen molar-refractivity contribution in [1.82, 2.24) is 4.90 Å². The van der Waals surface area contributed by atoms with Gasteiger partial charge in [-0.1, -0.05) is 30.3 Å². The minimum Gasteiger partial charge on any atom is -0.445 e. The van der Waals surface area contributed by atoms with Crippen molar-refractivity contribution in [1.29, 1.82) is 5.26 Å². The number of ether oxygens (including phenoxy) is 1. The first-order valence-corrected chi connectivity index (χ1v) is 6.57. The highest BCUT2D eigenvalue weighted by atomic mass is 16.6. The van der Waals surface area contributed by atoms with Gasteiger partial charge in [-0.2, -0.15) is 5.26 Å². The largest absolute Gasteiger partial charge is 0.445 e. The molecule has 0 N–H and O–H groups in total. The number of nitriles is 1. The molecule has 2 rings (SSSR count). The molecule has 1 aromatic rings. The summed E-state index contributed by atoms with van der Waals surface area (Å²) in [4.78, 5) is 13.7. The van der Waals surface area contributed by atoms with Crippen LogP contribution in [0.15, 0.2) is 30.3 Å². The number of likely N-dealkylation sites (tertiary alicyclic amines) is 1. The summed E-state index contributed by atoms with van der Waals surface area (Å²) in [6, 6.07) is 12.0. The number of carbonyl (C=O) groups excluding carboxylic acids is 1. The molecule has 1 fully saturated rings. The average Bonchev–Trinajstić information content (AvgIpc) is 2.45. The summed E-state index contributed by atoms with van der Waals surface area (Å²) in [5.74, 6) is 0.0631. The summed E-state index contributed by atoms with van der Waals surface area (Å²) >= 11 is 0. The Balaban J connectivity index is 1.85. The molecule has 1 heterocycles. The van der Waals surface area contributed by atoms with Gasteiger partial charge in [-0.25, -0.2) is 4.79 Å². The van der Waals surface area contributed by atoms with Crippen LogP contribution < -0.4 is 0 Å². The van der Waals surface area contributed by atoms with E-state index in [4.69, 9.17) is 10.00 Å². The van der Waals surface area contributed by atoms with Crippen LogP contribution >= 0.6 is 0 Å². The molecule has 0 aromatic heterocycles. The van der Waals surface area contributed by atoms with Gasteiger partial charge in [0.05, 0.1) is 6.07 Å². The maximum atomic E-state index is 12.0. The molecule has 0 radical (unpaired) electrons. The number of hydrogen-bond acceptors (Lipinski definition) is 3. The van der Waals surface area contributed by atoms with Crippen molar-refractivity contribution in [3.8, 4) is 6.07 Å². The van der Waals surface area contributed by atoms with E-state index >= 15 is 0 Å². The van der Waals surface area contributed by atoms with E-state index in [1.54, 1.807) is 4.90 Å². The summed E-state index contributed by atoms with van der Waals surface area (Å²) < 4.78 is 5.31. The lowest BCUT2D eigenvalue weighted by atomic mass is 9.93. The SMILES string of the molecule is C[C@@H]1CC(C#N)CCN1C(=O)OCc1ccccc1. The molecule has 1 saturated heterocycles. The fraction of sp³-hybridized carbons (Fsp3) is 0.467. The van der Waals surface area contributed by atoms with Crippen LogP contribution in [0.1, 0.15) is 25.3 Å². The molecule has 4 nitrogen and oxygen atoms in total. The quantitative estimate of drug-likeness (QED) is 0.819. The van der Waals surface area contributed by atoms with E-state index in [0.29, 0.717) is 13.2 Å². The van der Waals surface area contributed by atoms with E-state index in [9.17, 15) is 4.79 Å². The number of benzene rings is 1. The number of amides is 1. The molecule has 2 atom stereocenters. The highest BCUT2D eigenvalue weighted by Crippen LogP contribution is 2.22. The predicted molar refractivity (Wildman–Crippen MR) is 71.1 cm³/mol. The minimum absolute atomic E-state index is 0.0631. The highest BCUT2D eigenvalue weighted by Gasteiger charge is 2.29. The van der Waals surface area contributed by atoms with Gasteiger partial charge in [0.15, 0.2) is 0 Å². The lowest BCUT2D eigenvalue weighted by Crippen LogP contribution is -2.44. The summed E-state index contributed by atoms with van der Waals surface area (Å²) in [5, 5.41) is 8.90. The maximum absolute atomic E-state index is 12.0. The van der Waals surface area contributed by atoms with Crippen molar-refractivity contribution in [2.45, 2.75) is 32.4 Å². The average molecular weight is 258 g/mol. The molecule has 0 aliphatic carbocycles. The number of hydrogen-bond donors (Lipinski definition) is 0. The van der Waals surface area contributed by atoms with Crippen LogP contribution in [0.5, 0.6) is 0 Å². The second-order valence-electron chi connectivity index (χ2n) is 4.93. The molecular weight excluding hydrogens is 240 g/mol. The van der Waals surface area contributed by atoms with Gasteiger partial charge in [0.2, 0.25) is 0 Å². The van der Waals surface area contributed by atoms with Gasteiger partial charge < -0.3 is 9.64 Å². The summed E-state index contributed by atoms with van der Waals surface area (Å²) in [6.07, 6.45) is 1.19. The van der Waals surface area contributed by atoms with Crippen LogP contribution in [-0.4, -0.2) is 23.6 Å². The van der Waals surface area contributed by atoms with Crippen LogP contribution in [0.3, 0.4) is 0 Å². The van der Waals surface area contributed by atoms with Crippen molar-refractivity contribution in [2.24, 2.45) is 5.92 Å². The van der Waals surface area contributed by atoms with Gasteiger partial charge in [-0.05, 0) is 25.3 Å². The zero-order valence-corrected chi connectivity index (χ0v) is 11.1. The van der Waals surface area contributed by atoms with Crippen LogP contribution in [0.2, 0.25) is 0 Å². The number of rotatable bonds is 2. The smallest absolute Gasteiger partial charge is 0.410 e. The van der Waals surface area contributed by atoms with E-state index in [2.05, 4.69) is 6.07 Å². The van der Waals surface area contributed by atoms with Crippen LogP contribution in [0.4, 0.5) is 4.79 Å². The Morgan fingerprint density at radius 2 is 2.21 bits per heavy atom. The summed E-state index contributed by atoms with van der Waals surface area (Å²) in [7, 11) is 0. The monoisotopic (exact) mass is 258 g/mol. The third kappa shape index (κ3) is 3.47. The third-order valence-corrected chi connectivity index (χ3v) is 3.50. The van der Waals surface area contributed by atoms with Crippen molar-refractivity contribution in [3.63, 3.8) is 0 Å². The van der Waals surface area contributed by atoms with Gasteiger partial charge in [-0.3, -0.25) is 0 Å². The van der Waals surface area contributed by atoms with E-state index < -0.39 is 0 Å². The molecule has 1 aliphatic rings. The number of piperidine rings is 1. The van der Waals surface area contributed by atoms with Gasteiger partial charge in [0, 0.05) is 18.5 Å². The highest BCUT2D eigenvalue weighted by molar-refractivity contribution is 5.68. The topological polar surface area (TPSA) is 53.3 Å². The summed E-state index contributed by atoms with van der Waals surface area (Å²) in [5.41, 5.74) is 0.982. The van der Waals surface area contributed by atoms with Gasteiger partial charge in [-0.15, -0.1) is 0 Å². The molecule has 19 heavy (non-hydrogen) atoms. The molecule has 1 amide bonds. The molecule has 0 spiro atoms. The Bertz CT molecular complexity index is 467. The Morgan fingerprint density at radius 1 is 1.47 bits per heavy atom. The van der Waals surface area contributed by atoms with Crippen molar-refractivity contribution >= 4 is 6.09 Å². The van der Waals surface area contributed by atoms with E-state index in [0.717, 1.165) is 18.4 Å². The molecule has 100 valence electrons. The molecule has 0 bridgehead atoms. The van der Waals surface area contributed by atoms with Gasteiger partial charge in [0.1, 0.15) is 6.61 Å². The number of nitrogens with zero attached hydrogens (tertiary/aromatic N) is 2. The van der Waals surface area contributed by atoms with Crippen LogP contribution in [0, 0.1) is 17.2 Å². The lowest BCUT2D eigenvalue weighted by Gasteiger charge is -2.34. The minimum atomic E-state index is -0.284. The Kier molecular flexibility index (Phi) is 4.40. The van der Waals surface area contributed by atoms with Crippen LogP contribution in [0.25, 0.3) is 0 Å². The normalized spacial score (nSPS) is 22.6. The lowest BCUT2D eigenvalue weighted by molar-refractivity contribution is 0.0668. The predicted octanol–water partition coefficient (Wildman–Crippen LogP) is 2.95. The van der Waals surface area contributed by atoms with Crippen molar-refractivity contribution < 1.29 is 9.53 Å². The Labute approximate surface area is 113 Å². The van der Waals surface area contributed by atoms with E-state index in [1.165, 1.54) is 0 Å². The third-order valence-electron chi connectivity index (χ3n) is 3.50. The molecular formula is C15H18N2O2. The fourth-order valence-corrected chi connectivity index (χ4v) is 2.36. The Morgan fingerprint density at radius 3 is 2.84 bits per heavy atom. The zero-order valence-electron chi connectivity index (χ0n) is 11.1. The van der Waals surface area contributed by atoms with Crippen LogP contribution in [-0.2, 0) is 11.3 Å². The second kappa shape index (κ2) is 6.24. The first kappa shape index (κ1) is 13.4. The van der Waals surface area contributed by atoms with Gasteiger partial charge in [0.25, 0.3) is 0 Å². The van der Waals surface area contributed by atoms with Gasteiger partial charge >= 0.3 is 6.09 Å². The molecule has 0 saturated carbocycles. The fourth-order valence-electron chi connectivity index (χ4n) is 2.36. The molecule has 4 heteroatoms. The van der Waals surface area contributed by atoms with Crippen molar-refractivity contribution in [3.05, 3.63) is 35.9 Å². The standard InChI is InChI=1S/C15H18N2O2/c1-12-9-14(10-16)7-8-17(12)15(18)19-11-13-5-3-2-4-6-13/h2-6,12,14H,7-9,11H2,1H3/t12-,14?/m1/s1.